The average molecular weight is 495 g/mol. The highest BCUT2D eigenvalue weighted by atomic mass is 35.5. The second-order valence-electron chi connectivity index (χ2n) is 9.99. The van der Waals surface area contributed by atoms with Crippen molar-refractivity contribution in [3.8, 4) is 16.9 Å². The predicted octanol–water partition coefficient (Wildman–Crippen LogP) is 5.87. The summed E-state index contributed by atoms with van der Waals surface area (Å²) in [4.78, 5) is 16.8. The minimum absolute atomic E-state index is 0.145. The molecule has 0 aliphatic rings. The molecule has 35 heavy (non-hydrogen) atoms. The van der Waals surface area contributed by atoms with E-state index in [0.29, 0.717) is 28.6 Å². The van der Waals surface area contributed by atoms with Gasteiger partial charge in [-0.05, 0) is 70.9 Å². The van der Waals surface area contributed by atoms with Crippen LogP contribution in [0, 0.1) is 20.8 Å². The number of aliphatic carboxylic acids is 1. The summed E-state index contributed by atoms with van der Waals surface area (Å²) in [6, 6.07) is 5.52. The highest BCUT2D eigenvalue weighted by Gasteiger charge is 2.26. The third-order valence-electron chi connectivity index (χ3n) is 6.12. The number of carboxylic acid groups (broad SMARTS) is 1. The number of carbonyl (C=O) groups is 1. The number of aryl methyl sites for hydroxylation is 3. The molecular formula is C27H31ClN4O3. The summed E-state index contributed by atoms with van der Waals surface area (Å²) in [6.07, 6.45) is 3.69. The Morgan fingerprint density at radius 1 is 1.20 bits per heavy atom. The van der Waals surface area contributed by atoms with Crippen LogP contribution >= 0.6 is 11.6 Å². The zero-order valence-electron chi connectivity index (χ0n) is 21.2. The maximum atomic E-state index is 11.9. The fourth-order valence-electron chi connectivity index (χ4n) is 4.53. The second kappa shape index (κ2) is 9.04. The van der Waals surface area contributed by atoms with Gasteiger partial charge in [0.25, 0.3) is 0 Å². The largest absolute Gasteiger partial charge is 0.487 e. The van der Waals surface area contributed by atoms with E-state index in [2.05, 4.69) is 23.5 Å². The van der Waals surface area contributed by atoms with E-state index in [9.17, 15) is 9.90 Å². The molecule has 0 unspecified atom stereocenters. The number of halogens is 1. The Morgan fingerprint density at radius 3 is 2.51 bits per heavy atom. The van der Waals surface area contributed by atoms with Crippen LogP contribution in [0.2, 0.25) is 5.02 Å². The first kappa shape index (κ1) is 24.8. The van der Waals surface area contributed by atoms with E-state index in [4.69, 9.17) is 21.3 Å². The number of ether oxygens (including phenoxy) is 1. The Morgan fingerprint density at radius 2 is 1.91 bits per heavy atom. The molecule has 0 radical (unpaired) electrons. The molecule has 7 nitrogen and oxygen atoms in total. The van der Waals surface area contributed by atoms with Gasteiger partial charge >= 0.3 is 5.97 Å². The Balaban J connectivity index is 2.08. The van der Waals surface area contributed by atoms with Gasteiger partial charge in [0.2, 0.25) is 0 Å². The van der Waals surface area contributed by atoms with Crippen LogP contribution < -0.4 is 4.74 Å². The van der Waals surface area contributed by atoms with Gasteiger partial charge < -0.3 is 14.4 Å². The quantitative estimate of drug-likeness (QED) is 0.362. The lowest BCUT2D eigenvalue weighted by molar-refractivity contribution is -0.136. The zero-order valence-corrected chi connectivity index (χ0v) is 22.0. The fraction of sp³-hybridized carbons (Fsp3) is 0.370. The predicted molar refractivity (Wildman–Crippen MR) is 138 cm³/mol. The third-order valence-corrected chi connectivity index (χ3v) is 6.36. The first-order valence-corrected chi connectivity index (χ1v) is 11.9. The molecular weight excluding hydrogens is 464 g/mol. The van der Waals surface area contributed by atoms with Gasteiger partial charge in [-0.2, -0.15) is 5.10 Å². The Kier molecular flexibility index (Phi) is 6.40. The highest BCUT2D eigenvalue weighted by Crippen LogP contribution is 2.43. The lowest BCUT2D eigenvalue weighted by atomic mass is 9.92. The van der Waals surface area contributed by atoms with Crippen LogP contribution in [0.4, 0.5) is 0 Å². The molecule has 3 aromatic heterocycles. The molecule has 0 bridgehead atoms. The summed E-state index contributed by atoms with van der Waals surface area (Å²) in [7, 11) is 1.89. The number of aromatic nitrogens is 4. The van der Waals surface area contributed by atoms with Crippen molar-refractivity contribution in [2.75, 3.05) is 0 Å². The third kappa shape index (κ3) is 4.91. The highest BCUT2D eigenvalue weighted by molar-refractivity contribution is 6.30. The Labute approximate surface area is 210 Å². The van der Waals surface area contributed by atoms with E-state index >= 15 is 0 Å². The lowest BCUT2D eigenvalue weighted by Gasteiger charge is -2.25. The summed E-state index contributed by atoms with van der Waals surface area (Å²) in [5.41, 5.74) is 6.50. The van der Waals surface area contributed by atoms with Crippen LogP contribution in [-0.4, -0.2) is 36.0 Å². The van der Waals surface area contributed by atoms with E-state index in [0.717, 1.165) is 39.0 Å². The molecule has 1 N–H and O–H groups in total. The monoisotopic (exact) mass is 494 g/mol. The first-order chi connectivity index (χ1) is 16.4. The van der Waals surface area contributed by atoms with Crippen molar-refractivity contribution in [3.05, 3.63) is 63.7 Å². The summed E-state index contributed by atoms with van der Waals surface area (Å²) in [5.74, 6) is -0.299. The number of benzene rings is 1. The van der Waals surface area contributed by atoms with Gasteiger partial charge in [-0.3, -0.25) is 9.48 Å². The van der Waals surface area contributed by atoms with E-state index in [1.54, 1.807) is 10.7 Å². The molecule has 0 atom stereocenters. The normalized spacial score (nSPS) is 11.9. The molecule has 1 aromatic carbocycles. The molecule has 0 spiro atoms. The van der Waals surface area contributed by atoms with Gasteiger partial charge in [-0.15, -0.1) is 0 Å². The molecule has 4 aromatic rings. The van der Waals surface area contributed by atoms with Crippen molar-refractivity contribution in [2.45, 2.75) is 60.1 Å². The second-order valence-corrected chi connectivity index (χ2v) is 10.4. The van der Waals surface area contributed by atoms with Crippen LogP contribution in [0.5, 0.6) is 5.75 Å². The zero-order chi connectivity index (χ0) is 25.7. The number of carboxylic acids is 1. The standard InChI is InChI=1S/C27H31ClN4O3/c1-15-17(3)32(14-18-12-29-31(7)13-18)26-24(15)25(21(11-23(33)34)16(2)30-26)20-9-8-19(28)10-22(20)35-27(4,5)6/h8-10,12-13H,11,14H2,1-7H3,(H,33,34). The minimum Gasteiger partial charge on any atom is -0.487 e. The van der Waals surface area contributed by atoms with Crippen molar-refractivity contribution >= 4 is 28.6 Å². The molecule has 0 aliphatic heterocycles. The summed E-state index contributed by atoms with van der Waals surface area (Å²) < 4.78 is 10.3. The molecule has 0 amide bonds. The minimum atomic E-state index is -0.910. The fourth-order valence-corrected chi connectivity index (χ4v) is 4.69. The van der Waals surface area contributed by atoms with Crippen LogP contribution in [0.1, 0.15) is 48.8 Å². The molecule has 3 heterocycles. The van der Waals surface area contributed by atoms with Gasteiger partial charge in [0.05, 0.1) is 19.2 Å². The SMILES string of the molecule is Cc1nc2c(c(C)c(C)n2Cc2cnn(C)c2)c(-c2ccc(Cl)cc2OC(C)(C)C)c1CC(=O)O. The maximum Gasteiger partial charge on any atom is 0.307 e. The summed E-state index contributed by atoms with van der Waals surface area (Å²) in [6.45, 7) is 12.5. The van der Waals surface area contributed by atoms with E-state index < -0.39 is 11.6 Å². The Bertz CT molecular complexity index is 1440. The van der Waals surface area contributed by atoms with Gasteiger partial charge in [0.1, 0.15) is 17.0 Å². The van der Waals surface area contributed by atoms with Crippen molar-refractivity contribution < 1.29 is 14.6 Å². The number of nitrogens with zero attached hydrogens (tertiary/aromatic N) is 4. The van der Waals surface area contributed by atoms with E-state index in [1.165, 1.54) is 0 Å². The van der Waals surface area contributed by atoms with E-state index in [1.807, 2.05) is 59.3 Å². The van der Waals surface area contributed by atoms with Crippen molar-refractivity contribution in [1.82, 2.24) is 19.3 Å². The lowest BCUT2D eigenvalue weighted by Crippen LogP contribution is -2.23. The van der Waals surface area contributed by atoms with Crippen molar-refractivity contribution in [3.63, 3.8) is 0 Å². The summed E-state index contributed by atoms with van der Waals surface area (Å²) in [5, 5.41) is 15.5. The first-order valence-electron chi connectivity index (χ1n) is 11.5. The van der Waals surface area contributed by atoms with Crippen LogP contribution in [0.25, 0.3) is 22.2 Å². The molecule has 0 aliphatic carbocycles. The van der Waals surface area contributed by atoms with Gasteiger partial charge in [0.15, 0.2) is 0 Å². The van der Waals surface area contributed by atoms with Gasteiger partial charge in [-0.25, -0.2) is 4.98 Å². The van der Waals surface area contributed by atoms with E-state index in [-0.39, 0.29) is 6.42 Å². The van der Waals surface area contributed by atoms with Crippen LogP contribution in [0.15, 0.2) is 30.6 Å². The Hall–Kier alpha value is -3.32. The molecule has 0 fully saturated rings. The van der Waals surface area contributed by atoms with Crippen LogP contribution in [0.3, 0.4) is 0 Å². The van der Waals surface area contributed by atoms with Crippen molar-refractivity contribution in [1.29, 1.82) is 0 Å². The number of hydrogen-bond donors (Lipinski definition) is 1. The number of pyridine rings is 1. The number of fused-ring (bicyclic) bond motifs is 1. The van der Waals surface area contributed by atoms with Gasteiger partial charge in [-0.1, -0.05) is 11.6 Å². The summed E-state index contributed by atoms with van der Waals surface area (Å²) >= 11 is 6.36. The topological polar surface area (TPSA) is 82.2 Å². The van der Waals surface area contributed by atoms with Crippen LogP contribution in [-0.2, 0) is 24.8 Å². The number of hydrogen-bond acceptors (Lipinski definition) is 4. The molecule has 184 valence electrons. The maximum absolute atomic E-state index is 11.9. The molecule has 8 heteroatoms. The average Bonchev–Trinajstić information content (AvgIpc) is 3.24. The van der Waals surface area contributed by atoms with Gasteiger partial charge in [0, 0.05) is 51.7 Å². The van der Waals surface area contributed by atoms with Crippen molar-refractivity contribution in [2.24, 2.45) is 7.05 Å². The number of rotatable bonds is 6. The molecule has 0 saturated heterocycles. The smallest absolute Gasteiger partial charge is 0.307 e. The molecule has 4 rings (SSSR count). The molecule has 0 saturated carbocycles.